The molecule has 24 heavy (non-hydrogen) atoms. The summed E-state index contributed by atoms with van der Waals surface area (Å²) in [5, 5.41) is 2.49. The lowest BCUT2D eigenvalue weighted by atomic mass is 10.1. The molecule has 0 heterocycles. The average molecular weight is 323 g/mol. The fraction of sp³-hybridized carbons (Fsp3) is 0.0526. The first-order valence-corrected chi connectivity index (χ1v) is 7.04. The van der Waals surface area contributed by atoms with E-state index in [-0.39, 0.29) is 12.3 Å². The normalized spacial score (nSPS) is 10.6. The molecular weight excluding hydrogens is 309 g/mol. The van der Waals surface area contributed by atoms with Crippen molar-refractivity contribution in [2.24, 2.45) is 0 Å². The van der Waals surface area contributed by atoms with Crippen molar-refractivity contribution in [1.82, 2.24) is 5.32 Å². The Morgan fingerprint density at radius 2 is 1.79 bits per heavy atom. The Balaban J connectivity index is 2.25. The quantitative estimate of drug-likeness (QED) is 0.523. The minimum Gasteiger partial charge on any atom is -0.448 e. The van der Waals surface area contributed by atoms with Crippen LogP contribution in [0, 0.1) is 18.2 Å². The number of esters is 1. The monoisotopic (exact) mass is 323 g/mol. The van der Waals surface area contributed by atoms with E-state index in [2.05, 4.69) is 11.2 Å². The number of carbonyl (C=O) groups is 2. The predicted octanol–water partition coefficient (Wildman–Crippen LogP) is 2.77. The molecule has 0 unspecified atom stereocenters. The van der Waals surface area contributed by atoms with Gasteiger partial charge < -0.3 is 10.1 Å². The van der Waals surface area contributed by atoms with Gasteiger partial charge in [-0.2, -0.15) is 0 Å². The number of benzene rings is 2. The number of terminal acetylenes is 1. The van der Waals surface area contributed by atoms with E-state index in [1.807, 2.05) is 0 Å². The van der Waals surface area contributed by atoms with Crippen LogP contribution in [0.1, 0.15) is 15.9 Å². The molecule has 0 spiro atoms. The third-order valence-corrected chi connectivity index (χ3v) is 2.97. The van der Waals surface area contributed by atoms with E-state index in [4.69, 9.17) is 11.2 Å². The largest absolute Gasteiger partial charge is 0.448 e. The van der Waals surface area contributed by atoms with Crippen LogP contribution in [0.5, 0.6) is 0 Å². The van der Waals surface area contributed by atoms with E-state index >= 15 is 0 Å². The van der Waals surface area contributed by atoms with Gasteiger partial charge in [-0.15, -0.1) is 6.42 Å². The van der Waals surface area contributed by atoms with Crippen LogP contribution in [0.25, 0.3) is 6.08 Å². The van der Waals surface area contributed by atoms with E-state index in [9.17, 15) is 14.0 Å². The standard InChI is InChI=1S/C19H14FNO3/c1-2-12-24-19(23)17(13-14-8-10-16(20)11-9-14)21-18(22)15-6-4-3-5-7-15/h1,3-11,13H,12H2,(H,21,22). The van der Waals surface area contributed by atoms with Crippen LogP contribution in [0.4, 0.5) is 4.39 Å². The lowest BCUT2D eigenvalue weighted by Crippen LogP contribution is -2.28. The molecule has 2 aromatic carbocycles. The molecule has 0 atom stereocenters. The van der Waals surface area contributed by atoms with Gasteiger partial charge in [-0.3, -0.25) is 4.79 Å². The summed E-state index contributed by atoms with van der Waals surface area (Å²) in [5.74, 6) is 0.525. The van der Waals surface area contributed by atoms with E-state index in [0.717, 1.165) is 0 Å². The van der Waals surface area contributed by atoms with Crippen molar-refractivity contribution in [2.45, 2.75) is 0 Å². The Morgan fingerprint density at radius 1 is 1.12 bits per heavy atom. The van der Waals surface area contributed by atoms with Gasteiger partial charge in [-0.25, -0.2) is 9.18 Å². The number of halogens is 1. The van der Waals surface area contributed by atoms with Gasteiger partial charge >= 0.3 is 5.97 Å². The zero-order valence-corrected chi connectivity index (χ0v) is 12.7. The first-order valence-electron chi connectivity index (χ1n) is 7.04. The predicted molar refractivity (Wildman–Crippen MR) is 88.1 cm³/mol. The first-order chi connectivity index (χ1) is 11.6. The van der Waals surface area contributed by atoms with Gasteiger partial charge in [0.2, 0.25) is 0 Å². The maximum atomic E-state index is 13.0. The summed E-state index contributed by atoms with van der Waals surface area (Å²) in [6, 6.07) is 13.8. The third kappa shape index (κ3) is 4.82. The molecule has 2 aromatic rings. The van der Waals surface area contributed by atoms with Gasteiger partial charge in [0.05, 0.1) is 0 Å². The molecule has 2 rings (SSSR count). The summed E-state index contributed by atoms with van der Waals surface area (Å²) in [5.41, 5.74) is 0.815. The fourth-order valence-electron chi connectivity index (χ4n) is 1.84. The van der Waals surface area contributed by atoms with Gasteiger partial charge in [0, 0.05) is 5.56 Å². The maximum Gasteiger partial charge on any atom is 0.355 e. The number of rotatable bonds is 5. The van der Waals surface area contributed by atoms with E-state index in [1.54, 1.807) is 30.3 Å². The summed E-state index contributed by atoms with van der Waals surface area (Å²) >= 11 is 0. The molecule has 120 valence electrons. The average Bonchev–Trinajstić information content (AvgIpc) is 2.61. The number of carbonyl (C=O) groups excluding carboxylic acids is 2. The highest BCUT2D eigenvalue weighted by molar-refractivity contribution is 6.03. The Morgan fingerprint density at radius 3 is 2.42 bits per heavy atom. The summed E-state index contributed by atoms with van der Waals surface area (Å²) in [7, 11) is 0. The molecule has 0 bridgehead atoms. The van der Waals surface area contributed by atoms with Gasteiger partial charge in [0.1, 0.15) is 11.5 Å². The maximum absolute atomic E-state index is 13.0. The van der Waals surface area contributed by atoms with Gasteiger partial charge in [0.15, 0.2) is 6.61 Å². The van der Waals surface area contributed by atoms with Gasteiger partial charge in [-0.05, 0) is 35.9 Å². The topological polar surface area (TPSA) is 55.4 Å². The van der Waals surface area contributed by atoms with Gasteiger partial charge in [-0.1, -0.05) is 36.3 Å². The van der Waals surface area contributed by atoms with E-state index in [1.165, 1.54) is 30.3 Å². The van der Waals surface area contributed by atoms with Crippen LogP contribution in [0.15, 0.2) is 60.3 Å². The molecule has 1 N–H and O–H groups in total. The fourth-order valence-corrected chi connectivity index (χ4v) is 1.84. The second kappa shape index (κ2) is 8.30. The van der Waals surface area contributed by atoms with Crippen LogP contribution in [-0.4, -0.2) is 18.5 Å². The molecule has 0 aliphatic heterocycles. The molecule has 0 saturated heterocycles. The minimum absolute atomic E-state index is 0.0919. The Hall–Kier alpha value is -3.39. The Kier molecular flexibility index (Phi) is 5.87. The number of amides is 1. The third-order valence-electron chi connectivity index (χ3n) is 2.97. The number of hydrogen-bond donors (Lipinski definition) is 1. The van der Waals surface area contributed by atoms with Crippen LogP contribution in [0.2, 0.25) is 0 Å². The zero-order valence-electron chi connectivity index (χ0n) is 12.7. The van der Waals surface area contributed by atoms with Crippen LogP contribution >= 0.6 is 0 Å². The Bertz CT molecular complexity index is 790. The Labute approximate surface area is 139 Å². The molecule has 5 heteroatoms. The molecule has 4 nitrogen and oxygen atoms in total. The number of hydrogen-bond acceptors (Lipinski definition) is 3. The van der Waals surface area contributed by atoms with Crippen molar-refractivity contribution < 1.29 is 18.7 Å². The summed E-state index contributed by atoms with van der Waals surface area (Å²) in [6.07, 6.45) is 6.45. The van der Waals surface area contributed by atoms with Crippen molar-refractivity contribution in [3.8, 4) is 12.3 Å². The number of nitrogens with one attached hydrogen (secondary N) is 1. The SMILES string of the molecule is C#CCOC(=O)C(=Cc1ccc(F)cc1)NC(=O)c1ccccc1. The van der Waals surface area contributed by atoms with E-state index in [0.29, 0.717) is 11.1 Å². The van der Waals surface area contributed by atoms with Crippen molar-refractivity contribution in [2.75, 3.05) is 6.61 Å². The van der Waals surface area contributed by atoms with Crippen LogP contribution in [0.3, 0.4) is 0 Å². The highest BCUT2D eigenvalue weighted by Crippen LogP contribution is 2.09. The first kappa shape index (κ1) is 17.0. The van der Waals surface area contributed by atoms with Crippen molar-refractivity contribution >= 4 is 18.0 Å². The van der Waals surface area contributed by atoms with E-state index < -0.39 is 17.7 Å². The molecule has 1 amide bonds. The summed E-state index contributed by atoms with van der Waals surface area (Å²) < 4.78 is 17.8. The summed E-state index contributed by atoms with van der Waals surface area (Å²) in [6.45, 7) is -0.221. The minimum atomic E-state index is -0.776. The summed E-state index contributed by atoms with van der Waals surface area (Å²) in [4.78, 5) is 24.3. The molecule has 0 saturated carbocycles. The zero-order chi connectivity index (χ0) is 17.4. The van der Waals surface area contributed by atoms with Crippen molar-refractivity contribution in [3.63, 3.8) is 0 Å². The number of ether oxygens (including phenoxy) is 1. The van der Waals surface area contributed by atoms with Crippen LogP contribution < -0.4 is 5.32 Å². The van der Waals surface area contributed by atoms with Gasteiger partial charge in [0.25, 0.3) is 5.91 Å². The molecular formula is C19H14FNO3. The highest BCUT2D eigenvalue weighted by atomic mass is 19.1. The molecule has 0 aromatic heterocycles. The molecule has 0 aliphatic rings. The van der Waals surface area contributed by atoms with Crippen molar-refractivity contribution in [1.29, 1.82) is 0 Å². The molecule has 0 aliphatic carbocycles. The smallest absolute Gasteiger partial charge is 0.355 e. The highest BCUT2D eigenvalue weighted by Gasteiger charge is 2.15. The molecule has 0 fully saturated rings. The lowest BCUT2D eigenvalue weighted by molar-refractivity contribution is -0.137. The second-order valence-corrected chi connectivity index (χ2v) is 4.71. The van der Waals surface area contributed by atoms with Crippen molar-refractivity contribution in [3.05, 3.63) is 77.2 Å². The molecule has 0 radical (unpaired) electrons. The lowest BCUT2D eigenvalue weighted by Gasteiger charge is -2.09. The van der Waals surface area contributed by atoms with Crippen LogP contribution in [-0.2, 0) is 9.53 Å². The second-order valence-electron chi connectivity index (χ2n) is 4.71.